The first kappa shape index (κ1) is 27.6. The summed E-state index contributed by atoms with van der Waals surface area (Å²) in [5.74, 6) is -0.563. The van der Waals surface area contributed by atoms with Gasteiger partial charge in [0.25, 0.3) is 5.56 Å². The second-order valence-electron chi connectivity index (χ2n) is 10.6. The Morgan fingerprint density at radius 2 is 1.77 bits per heavy atom. The quantitative estimate of drug-likeness (QED) is 0.370. The van der Waals surface area contributed by atoms with Gasteiger partial charge in [0, 0.05) is 24.7 Å². The molecule has 196 valence electrons. The van der Waals surface area contributed by atoms with E-state index in [1.54, 1.807) is 0 Å². The molecule has 1 fully saturated rings. The van der Waals surface area contributed by atoms with E-state index in [2.05, 4.69) is 26.8 Å². The number of hydrogen-bond acceptors (Lipinski definition) is 7. The summed E-state index contributed by atoms with van der Waals surface area (Å²) in [5.41, 5.74) is 1.75. The molecule has 1 aliphatic carbocycles. The zero-order chi connectivity index (χ0) is 26.2. The van der Waals surface area contributed by atoms with Crippen LogP contribution in [0.3, 0.4) is 0 Å². The van der Waals surface area contributed by atoms with Crippen LogP contribution in [0.4, 0.5) is 0 Å². The van der Waals surface area contributed by atoms with Crippen molar-refractivity contribution in [2.24, 2.45) is 18.9 Å². The highest BCUT2D eigenvalue weighted by Crippen LogP contribution is 2.43. The third-order valence-electron chi connectivity index (χ3n) is 7.68. The van der Waals surface area contributed by atoms with Crippen LogP contribution in [0.2, 0.25) is 0 Å². The van der Waals surface area contributed by atoms with E-state index in [1.807, 2.05) is 19.9 Å². The van der Waals surface area contributed by atoms with Crippen molar-refractivity contribution in [3.8, 4) is 5.75 Å². The van der Waals surface area contributed by atoms with Gasteiger partial charge in [-0.15, -0.1) is 0 Å². The zero-order valence-corrected chi connectivity index (χ0v) is 21.5. The summed E-state index contributed by atoms with van der Waals surface area (Å²) < 4.78 is 7.64. The Morgan fingerprint density at radius 3 is 2.34 bits per heavy atom. The lowest BCUT2D eigenvalue weighted by atomic mass is 9.89. The summed E-state index contributed by atoms with van der Waals surface area (Å²) in [4.78, 5) is 13.1. The van der Waals surface area contributed by atoms with Crippen LogP contribution < -0.4 is 5.56 Å². The normalized spacial score (nSPS) is 33.5. The number of aryl methyl sites for hydroxylation is 1. The van der Waals surface area contributed by atoms with Crippen LogP contribution in [0.5, 0.6) is 5.75 Å². The number of rotatable bonds is 7. The van der Waals surface area contributed by atoms with E-state index < -0.39 is 42.0 Å². The lowest BCUT2D eigenvalue weighted by Crippen LogP contribution is -2.32. The number of aliphatic hydroxyl groups excluding tert-OH is 4. The van der Waals surface area contributed by atoms with Crippen molar-refractivity contribution in [1.82, 2.24) is 4.57 Å². The maximum absolute atomic E-state index is 13.1. The van der Waals surface area contributed by atoms with Crippen LogP contribution in [0.25, 0.3) is 0 Å². The van der Waals surface area contributed by atoms with E-state index in [0.717, 1.165) is 24.0 Å². The Morgan fingerprint density at radius 1 is 1.17 bits per heavy atom. The molecule has 0 spiro atoms. The van der Waals surface area contributed by atoms with Gasteiger partial charge in [-0.05, 0) is 49.7 Å². The van der Waals surface area contributed by atoms with E-state index in [0.29, 0.717) is 18.3 Å². The van der Waals surface area contributed by atoms with Gasteiger partial charge >= 0.3 is 0 Å². The van der Waals surface area contributed by atoms with Crippen molar-refractivity contribution in [3.05, 3.63) is 51.0 Å². The number of hydrogen-bond donors (Lipinski definition) is 5. The first-order chi connectivity index (χ1) is 16.4. The van der Waals surface area contributed by atoms with Gasteiger partial charge in [-0.2, -0.15) is 0 Å². The Hall–Kier alpha value is -1.97. The second-order valence-corrected chi connectivity index (χ2v) is 10.6. The monoisotopic (exact) mass is 491 g/mol. The summed E-state index contributed by atoms with van der Waals surface area (Å²) in [7, 11) is 1.51. The third-order valence-corrected chi connectivity index (χ3v) is 7.68. The Labute approximate surface area is 207 Å². The van der Waals surface area contributed by atoms with Gasteiger partial charge in [0.05, 0.1) is 30.0 Å². The maximum atomic E-state index is 13.1. The standard InChI is InChI=1S/C27H41NO7/c1-7-13(2)10-14(3)11-16(5)26-15(4)8-9-18(35-26)20-21(29)17(12-28(6)27(20)34)19-22(30)24(32)25(33)23(19)31/h8,11-14,18-19,22-26,29-33H,7,9-10H2,1-6H3/t13-,14+,18-,19?,22-,23+,24-,25+,26+/m1/s1. The molecule has 0 saturated heterocycles. The predicted octanol–water partition coefficient (Wildman–Crippen LogP) is 2.43. The van der Waals surface area contributed by atoms with Crippen molar-refractivity contribution in [1.29, 1.82) is 0 Å². The highest BCUT2D eigenvalue weighted by molar-refractivity contribution is 5.44. The van der Waals surface area contributed by atoms with Gasteiger partial charge in [0.1, 0.15) is 18.0 Å². The highest BCUT2D eigenvalue weighted by Gasteiger charge is 2.50. The number of aliphatic hydroxyl groups is 4. The van der Waals surface area contributed by atoms with Crippen molar-refractivity contribution >= 4 is 0 Å². The van der Waals surface area contributed by atoms with Gasteiger partial charge < -0.3 is 34.8 Å². The summed E-state index contributed by atoms with van der Waals surface area (Å²) in [6, 6.07) is 0. The molecule has 0 bridgehead atoms. The van der Waals surface area contributed by atoms with Gasteiger partial charge in [0.15, 0.2) is 0 Å². The average molecular weight is 492 g/mol. The van der Waals surface area contributed by atoms with Gasteiger partial charge in [-0.1, -0.05) is 39.3 Å². The maximum Gasteiger partial charge on any atom is 0.259 e. The molecular weight excluding hydrogens is 450 g/mol. The van der Waals surface area contributed by atoms with E-state index in [9.17, 15) is 30.3 Å². The summed E-state index contributed by atoms with van der Waals surface area (Å²) in [6.45, 7) is 10.6. The highest BCUT2D eigenvalue weighted by atomic mass is 16.5. The Kier molecular flexibility index (Phi) is 8.65. The predicted molar refractivity (Wildman–Crippen MR) is 133 cm³/mol. The van der Waals surface area contributed by atoms with E-state index in [1.165, 1.54) is 17.8 Å². The molecule has 5 N–H and O–H groups in total. The largest absolute Gasteiger partial charge is 0.507 e. The zero-order valence-electron chi connectivity index (χ0n) is 21.5. The number of pyridine rings is 1. The molecule has 2 aliphatic rings. The lowest BCUT2D eigenvalue weighted by molar-refractivity contribution is -0.0413. The van der Waals surface area contributed by atoms with Crippen LogP contribution in [-0.4, -0.2) is 60.6 Å². The smallest absolute Gasteiger partial charge is 0.259 e. The van der Waals surface area contributed by atoms with E-state index in [4.69, 9.17) is 4.74 Å². The molecule has 1 unspecified atom stereocenters. The average Bonchev–Trinajstić information content (AvgIpc) is 2.99. The molecule has 2 heterocycles. The fraction of sp³-hybridized carbons (Fsp3) is 0.667. The van der Waals surface area contributed by atoms with Crippen molar-refractivity contribution < 1.29 is 30.3 Å². The Balaban J connectivity index is 1.96. The van der Waals surface area contributed by atoms with Crippen LogP contribution >= 0.6 is 0 Å². The van der Waals surface area contributed by atoms with Crippen molar-refractivity contribution in [3.63, 3.8) is 0 Å². The molecule has 0 aromatic carbocycles. The minimum atomic E-state index is -1.57. The van der Waals surface area contributed by atoms with Gasteiger partial charge in [-0.3, -0.25) is 4.79 Å². The lowest BCUT2D eigenvalue weighted by Gasteiger charge is -2.32. The molecule has 1 saturated carbocycles. The first-order valence-electron chi connectivity index (χ1n) is 12.5. The number of aromatic hydroxyl groups is 1. The molecule has 0 amide bonds. The molecule has 35 heavy (non-hydrogen) atoms. The first-order valence-corrected chi connectivity index (χ1v) is 12.5. The Bertz CT molecular complexity index is 1020. The van der Waals surface area contributed by atoms with E-state index in [-0.39, 0.29) is 23.0 Å². The molecular formula is C27H41NO7. The van der Waals surface area contributed by atoms with Crippen molar-refractivity contribution in [2.45, 2.75) is 96.4 Å². The number of nitrogens with zero attached hydrogens (tertiary/aromatic N) is 1. The minimum Gasteiger partial charge on any atom is -0.507 e. The minimum absolute atomic E-state index is 0.0366. The molecule has 1 aromatic rings. The topological polar surface area (TPSA) is 132 Å². The fourth-order valence-corrected chi connectivity index (χ4v) is 5.49. The van der Waals surface area contributed by atoms with Gasteiger partial charge in [0.2, 0.25) is 0 Å². The second kappa shape index (κ2) is 11.0. The molecule has 9 atom stereocenters. The number of ether oxygens (including phenoxy) is 1. The van der Waals surface area contributed by atoms with Crippen LogP contribution in [0, 0.1) is 11.8 Å². The van der Waals surface area contributed by atoms with Gasteiger partial charge in [-0.25, -0.2) is 0 Å². The van der Waals surface area contributed by atoms with E-state index >= 15 is 0 Å². The summed E-state index contributed by atoms with van der Waals surface area (Å²) in [5, 5.41) is 52.1. The van der Waals surface area contributed by atoms with Crippen LogP contribution in [-0.2, 0) is 11.8 Å². The molecule has 0 radical (unpaired) electrons. The number of aromatic nitrogens is 1. The summed E-state index contributed by atoms with van der Waals surface area (Å²) >= 11 is 0. The SMILES string of the molecule is CC[C@@H](C)C[C@H](C)C=C(C)[C@H]1O[C@@H](c2c(O)c(C3[C@@H](O)[C@@H](O)[C@@H](O)[C@H]3O)cn(C)c2=O)CC=C1C. The van der Waals surface area contributed by atoms with Crippen molar-refractivity contribution in [2.75, 3.05) is 0 Å². The molecule has 1 aliphatic heterocycles. The third kappa shape index (κ3) is 5.42. The number of allylic oxidation sites excluding steroid dienone is 1. The summed E-state index contributed by atoms with van der Waals surface area (Å²) in [6.07, 6.45) is 0.890. The fourth-order valence-electron chi connectivity index (χ4n) is 5.49. The molecule has 8 heteroatoms. The molecule has 3 rings (SSSR count). The van der Waals surface area contributed by atoms with Crippen LogP contribution in [0.15, 0.2) is 34.3 Å². The molecule has 1 aromatic heterocycles. The molecule has 8 nitrogen and oxygen atoms in total. The van der Waals surface area contributed by atoms with Crippen LogP contribution in [0.1, 0.15) is 77.0 Å².